The number of hydrogen-bond donors (Lipinski definition) is 0. The molecule has 1 aromatic heterocycles. The summed E-state index contributed by atoms with van der Waals surface area (Å²) in [7, 11) is 1.66. The molecule has 198 valence electrons. The summed E-state index contributed by atoms with van der Waals surface area (Å²) in [5.74, 6) is 2.93. The number of fused-ring (bicyclic) bond motifs is 1. The van der Waals surface area contributed by atoms with Gasteiger partial charge < -0.3 is 18.9 Å². The van der Waals surface area contributed by atoms with Crippen LogP contribution >= 0.6 is 0 Å². The number of rotatable bonds is 12. The van der Waals surface area contributed by atoms with Crippen LogP contribution in [0.15, 0.2) is 72.8 Å². The SMILES string of the molecule is CCCCc1ccc(N2CC(c3nc4ccccc4n3CCCCOc3ccc(OC)cc3)CC2=O)cc1. The lowest BCUT2D eigenvalue weighted by molar-refractivity contribution is -0.117. The molecule has 1 saturated heterocycles. The van der Waals surface area contributed by atoms with Crippen molar-refractivity contribution in [3.8, 4) is 11.5 Å². The number of amides is 1. The van der Waals surface area contributed by atoms with E-state index < -0.39 is 0 Å². The summed E-state index contributed by atoms with van der Waals surface area (Å²) in [5, 5.41) is 0. The molecule has 5 rings (SSSR count). The molecule has 0 bridgehead atoms. The van der Waals surface area contributed by atoms with Gasteiger partial charge in [-0.25, -0.2) is 4.98 Å². The Morgan fingerprint density at radius 3 is 2.45 bits per heavy atom. The van der Waals surface area contributed by atoms with Gasteiger partial charge in [0.05, 0.1) is 24.8 Å². The van der Waals surface area contributed by atoms with E-state index in [0.717, 1.165) is 59.9 Å². The first-order chi connectivity index (χ1) is 18.7. The number of ether oxygens (including phenoxy) is 2. The van der Waals surface area contributed by atoms with Gasteiger partial charge in [0, 0.05) is 31.1 Å². The molecule has 0 N–H and O–H groups in total. The van der Waals surface area contributed by atoms with Gasteiger partial charge in [0.25, 0.3) is 0 Å². The largest absolute Gasteiger partial charge is 0.497 e. The molecule has 38 heavy (non-hydrogen) atoms. The van der Waals surface area contributed by atoms with Crippen LogP contribution in [0.1, 0.15) is 56.3 Å². The number of para-hydroxylation sites is 2. The zero-order valence-corrected chi connectivity index (χ0v) is 22.4. The van der Waals surface area contributed by atoms with E-state index in [1.165, 1.54) is 18.4 Å². The molecule has 1 aliphatic rings. The summed E-state index contributed by atoms with van der Waals surface area (Å²) >= 11 is 0. The zero-order chi connectivity index (χ0) is 26.3. The number of hydrogen-bond acceptors (Lipinski definition) is 4. The lowest BCUT2D eigenvalue weighted by atomic mass is 10.1. The topological polar surface area (TPSA) is 56.6 Å². The molecule has 2 heterocycles. The minimum absolute atomic E-state index is 0.0743. The maximum Gasteiger partial charge on any atom is 0.227 e. The van der Waals surface area contributed by atoms with Crippen molar-refractivity contribution >= 4 is 22.6 Å². The van der Waals surface area contributed by atoms with Crippen LogP contribution in [0.5, 0.6) is 11.5 Å². The normalized spacial score (nSPS) is 15.4. The maximum atomic E-state index is 13.1. The molecule has 4 aromatic rings. The molecule has 0 aliphatic carbocycles. The van der Waals surface area contributed by atoms with Gasteiger partial charge in [0.15, 0.2) is 0 Å². The number of anilines is 1. The van der Waals surface area contributed by atoms with E-state index in [1.807, 2.05) is 35.2 Å². The fraction of sp³-hybridized carbons (Fsp3) is 0.375. The van der Waals surface area contributed by atoms with Crippen LogP contribution < -0.4 is 14.4 Å². The van der Waals surface area contributed by atoms with Gasteiger partial charge in [-0.2, -0.15) is 0 Å². The second-order valence-corrected chi connectivity index (χ2v) is 10.0. The van der Waals surface area contributed by atoms with Gasteiger partial charge >= 0.3 is 0 Å². The predicted octanol–water partition coefficient (Wildman–Crippen LogP) is 6.77. The number of aromatic nitrogens is 2. The first-order valence-corrected chi connectivity index (χ1v) is 13.8. The Kier molecular flexibility index (Phi) is 8.27. The number of benzene rings is 3. The number of methoxy groups -OCH3 is 1. The first-order valence-electron chi connectivity index (χ1n) is 13.8. The fourth-order valence-corrected chi connectivity index (χ4v) is 5.23. The van der Waals surface area contributed by atoms with E-state index >= 15 is 0 Å². The van der Waals surface area contributed by atoms with Crippen LogP contribution in [0.25, 0.3) is 11.0 Å². The smallest absolute Gasteiger partial charge is 0.227 e. The molecule has 0 spiro atoms. The third-order valence-electron chi connectivity index (χ3n) is 7.35. The standard InChI is InChI=1S/C32H37N3O3/c1-3-4-9-24-12-14-26(15-13-24)35-23-25(22-31(35)36)32-33-29-10-5-6-11-30(29)34(32)20-7-8-21-38-28-18-16-27(37-2)17-19-28/h5-6,10-19,25H,3-4,7-9,20-23H2,1-2H3. The summed E-state index contributed by atoms with van der Waals surface area (Å²) in [5.41, 5.74) is 4.43. The molecule has 1 unspecified atom stereocenters. The maximum absolute atomic E-state index is 13.1. The van der Waals surface area contributed by atoms with Crippen LogP contribution in [-0.2, 0) is 17.8 Å². The third-order valence-corrected chi connectivity index (χ3v) is 7.35. The number of carbonyl (C=O) groups is 1. The van der Waals surface area contributed by atoms with Crippen LogP contribution in [0.2, 0.25) is 0 Å². The highest BCUT2D eigenvalue weighted by Crippen LogP contribution is 2.33. The van der Waals surface area contributed by atoms with Gasteiger partial charge in [-0.1, -0.05) is 37.6 Å². The van der Waals surface area contributed by atoms with Gasteiger partial charge in [-0.3, -0.25) is 4.79 Å². The average molecular weight is 512 g/mol. The predicted molar refractivity (Wildman–Crippen MR) is 152 cm³/mol. The van der Waals surface area contributed by atoms with Crippen molar-refractivity contribution in [1.82, 2.24) is 9.55 Å². The summed E-state index contributed by atoms with van der Waals surface area (Å²) in [6.45, 7) is 4.37. The fourth-order valence-electron chi connectivity index (χ4n) is 5.23. The van der Waals surface area contributed by atoms with Crippen molar-refractivity contribution in [2.45, 2.75) is 57.9 Å². The minimum atomic E-state index is 0.0743. The molecule has 0 saturated carbocycles. The zero-order valence-electron chi connectivity index (χ0n) is 22.4. The van der Waals surface area contributed by atoms with Gasteiger partial charge in [-0.15, -0.1) is 0 Å². The van der Waals surface area contributed by atoms with E-state index in [9.17, 15) is 4.79 Å². The Morgan fingerprint density at radius 2 is 1.68 bits per heavy atom. The Labute approximate surface area is 225 Å². The lowest BCUT2D eigenvalue weighted by Gasteiger charge is -2.18. The Morgan fingerprint density at radius 1 is 0.921 bits per heavy atom. The summed E-state index contributed by atoms with van der Waals surface area (Å²) in [6, 6.07) is 24.5. The van der Waals surface area contributed by atoms with Crippen molar-refractivity contribution in [3.05, 3.63) is 84.2 Å². The molecule has 1 fully saturated rings. The minimum Gasteiger partial charge on any atom is -0.497 e. The monoisotopic (exact) mass is 511 g/mol. The first kappa shape index (κ1) is 25.8. The molecule has 1 amide bonds. The van der Waals surface area contributed by atoms with E-state index in [-0.39, 0.29) is 11.8 Å². The molecule has 6 heteroatoms. The van der Waals surface area contributed by atoms with Gasteiger partial charge in [0.1, 0.15) is 17.3 Å². The summed E-state index contributed by atoms with van der Waals surface area (Å²) < 4.78 is 13.4. The van der Waals surface area contributed by atoms with Crippen LogP contribution in [0.4, 0.5) is 5.69 Å². The average Bonchev–Trinajstić information content (AvgIpc) is 3.52. The molecule has 3 aromatic carbocycles. The summed E-state index contributed by atoms with van der Waals surface area (Å²) in [6.07, 6.45) is 5.84. The molecule has 6 nitrogen and oxygen atoms in total. The van der Waals surface area contributed by atoms with E-state index in [1.54, 1.807) is 7.11 Å². The molecular weight excluding hydrogens is 474 g/mol. The van der Waals surface area contributed by atoms with Gasteiger partial charge in [-0.05, 0) is 79.8 Å². The lowest BCUT2D eigenvalue weighted by Crippen LogP contribution is -2.24. The molecule has 1 aliphatic heterocycles. The highest BCUT2D eigenvalue weighted by atomic mass is 16.5. The third kappa shape index (κ3) is 5.85. The quantitative estimate of drug-likeness (QED) is 0.197. The van der Waals surface area contributed by atoms with Crippen molar-refractivity contribution in [3.63, 3.8) is 0 Å². The van der Waals surface area contributed by atoms with Crippen molar-refractivity contribution in [2.24, 2.45) is 0 Å². The van der Waals surface area contributed by atoms with Crippen molar-refractivity contribution in [1.29, 1.82) is 0 Å². The Hall–Kier alpha value is -3.80. The number of unbranched alkanes of at least 4 members (excludes halogenated alkanes) is 2. The Bertz CT molecular complexity index is 1340. The summed E-state index contributed by atoms with van der Waals surface area (Å²) in [4.78, 5) is 20.0. The number of imidazole rings is 1. The molecular formula is C32H37N3O3. The van der Waals surface area contributed by atoms with Crippen LogP contribution in [0.3, 0.4) is 0 Å². The van der Waals surface area contributed by atoms with E-state index in [2.05, 4.69) is 54.0 Å². The van der Waals surface area contributed by atoms with Crippen LogP contribution in [0, 0.1) is 0 Å². The van der Waals surface area contributed by atoms with Crippen molar-refractivity contribution in [2.75, 3.05) is 25.2 Å². The molecule has 0 radical (unpaired) electrons. The molecule has 1 atom stereocenters. The number of aryl methyl sites for hydroxylation is 2. The van der Waals surface area contributed by atoms with Crippen molar-refractivity contribution < 1.29 is 14.3 Å². The van der Waals surface area contributed by atoms with E-state index in [4.69, 9.17) is 14.5 Å². The highest BCUT2D eigenvalue weighted by Gasteiger charge is 2.34. The van der Waals surface area contributed by atoms with E-state index in [0.29, 0.717) is 19.6 Å². The van der Waals surface area contributed by atoms with Crippen LogP contribution in [-0.4, -0.2) is 35.7 Å². The number of nitrogens with zero attached hydrogens (tertiary/aromatic N) is 3. The van der Waals surface area contributed by atoms with Gasteiger partial charge in [0.2, 0.25) is 5.91 Å². The highest BCUT2D eigenvalue weighted by molar-refractivity contribution is 5.96. The second kappa shape index (κ2) is 12.2. The second-order valence-electron chi connectivity index (χ2n) is 10.0. The number of carbonyl (C=O) groups excluding carboxylic acids is 1. The Balaban J connectivity index is 1.24.